The molecule has 0 unspecified atom stereocenters. The summed E-state index contributed by atoms with van der Waals surface area (Å²) in [4.78, 5) is 5.09. The minimum Gasteiger partial charge on any atom is -0.316 e. The first-order valence-electron chi connectivity index (χ1n) is 7.86. The topological polar surface area (TPSA) is 24.9 Å². The lowest BCUT2D eigenvalue weighted by Crippen LogP contribution is -2.39. The van der Waals surface area contributed by atoms with Gasteiger partial charge in [0.1, 0.15) is 0 Å². The fourth-order valence-corrected chi connectivity index (χ4v) is 4.09. The van der Waals surface area contributed by atoms with Gasteiger partial charge in [-0.15, -0.1) is 0 Å². The average molecular weight is 289 g/mol. The molecule has 1 fully saturated rings. The molecule has 1 aromatic heterocycles. The number of nitrogens with one attached hydrogen (secondary N) is 1. The van der Waals surface area contributed by atoms with Crippen LogP contribution in [0.2, 0.25) is 0 Å². The third-order valence-corrected chi connectivity index (χ3v) is 5.39. The van der Waals surface area contributed by atoms with Crippen LogP contribution in [-0.2, 0) is 12.8 Å². The molecule has 3 aliphatic rings. The summed E-state index contributed by atoms with van der Waals surface area (Å²) < 4.78 is 0. The summed E-state index contributed by atoms with van der Waals surface area (Å²) in [5.41, 5.74) is 5.75. The zero-order valence-corrected chi connectivity index (χ0v) is 12.8. The first-order chi connectivity index (χ1) is 9.75. The molecule has 0 bridgehead atoms. The maximum absolute atomic E-state index is 6.57. The van der Waals surface area contributed by atoms with E-state index in [1.54, 1.807) is 5.57 Å². The summed E-state index contributed by atoms with van der Waals surface area (Å²) in [6.45, 7) is 4.36. The molecule has 20 heavy (non-hydrogen) atoms. The Morgan fingerprint density at radius 2 is 1.90 bits per heavy atom. The number of hydrogen-bond acceptors (Lipinski definition) is 2. The van der Waals surface area contributed by atoms with Crippen LogP contribution < -0.4 is 15.9 Å². The Kier molecular flexibility index (Phi) is 3.12. The summed E-state index contributed by atoms with van der Waals surface area (Å²) in [5.74, 6) is 0.798. The number of pyridine rings is 1. The SMILES string of the molecule is Cc1c2c(nc3c1=C(Cl)CCC=3C1CC1)CCNCC2. The van der Waals surface area contributed by atoms with Crippen LogP contribution in [0.3, 0.4) is 0 Å². The molecule has 3 heteroatoms. The van der Waals surface area contributed by atoms with E-state index >= 15 is 0 Å². The summed E-state index contributed by atoms with van der Waals surface area (Å²) in [7, 11) is 0. The summed E-state index contributed by atoms with van der Waals surface area (Å²) >= 11 is 6.57. The van der Waals surface area contributed by atoms with Crippen molar-refractivity contribution < 1.29 is 0 Å². The standard InChI is InChI=1S/C17H21ClN2/c1-10-12-6-8-19-9-7-15(12)20-17-13(11-2-3-11)4-5-14(18)16(10)17/h11,19H,2-9H2,1H3. The number of rotatable bonds is 1. The monoisotopic (exact) mass is 288 g/mol. The van der Waals surface area contributed by atoms with Crippen LogP contribution in [0, 0.1) is 12.8 Å². The van der Waals surface area contributed by atoms with E-state index in [-0.39, 0.29) is 0 Å². The molecule has 0 spiro atoms. The number of aromatic nitrogens is 1. The fraction of sp³-hybridized carbons (Fsp3) is 0.588. The summed E-state index contributed by atoms with van der Waals surface area (Å²) in [6, 6.07) is 0. The van der Waals surface area contributed by atoms with Crippen molar-refractivity contribution in [2.75, 3.05) is 13.1 Å². The van der Waals surface area contributed by atoms with Gasteiger partial charge in [0.15, 0.2) is 0 Å². The first kappa shape index (κ1) is 12.8. The van der Waals surface area contributed by atoms with Crippen molar-refractivity contribution in [2.45, 2.75) is 45.4 Å². The van der Waals surface area contributed by atoms with Crippen LogP contribution in [0.5, 0.6) is 0 Å². The van der Waals surface area contributed by atoms with Gasteiger partial charge in [-0.05, 0) is 68.2 Å². The van der Waals surface area contributed by atoms with Gasteiger partial charge in [0.05, 0.1) is 5.35 Å². The molecule has 1 N–H and O–H groups in total. The third kappa shape index (κ3) is 2.01. The van der Waals surface area contributed by atoms with E-state index in [0.717, 1.165) is 49.7 Å². The summed E-state index contributed by atoms with van der Waals surface area (Å²) in [5, 5.41) is 7.05. The second-order valence-electron chi connectivity index (χ2n) is 6.34. The molecule has 1 saturated carbocycles. The minimum absolute atomic E-state index is 0.798. The molecule has 1 aromatic rings. The molecule has 1 aliphatic heterocycles. The van der Waals surface area contributed by atoms with Crippen LogP contribution in [0.15, 0.2) is 0 Å². The zero-order chi connectivity index (χ0) is 13.7. The van der Waals surface area contributed by atoms with Crippen molar-refractivity contribution in [2.24, 2.45) is 5.92 Å². The highest BCUT2D eigenvalue weighted by Crippen LogP contribution is 2.40. The molecular formula is C17H21ClN2. The van der Waals surface area contributed by atoms with Crippen LogP contribution in [0.4, 0.5) is 0 Å². The van der Waals surface area contributed by atoms with Crippen molar-refractivity contribution in [1.29, 1.82) is 0 Å². The Morgan fingerprint density at radius 3 is 2.70 bits per heavy atom. The molecule has 2 heterocycles. The van der Waals surface area contributed by atoms with Crippen molar-refractivity contribution in [3.63, 3.8) is 0 Å². The van der Waals surface area contributed by atoms with Crippen molar-refractivity contribution in [3.8, 4) is 0 Å². The highest BCUT2D eigenvalue weighted by Gasteiger charge is 2.29. The number of fused-ring (bicyclic) bond motifs is 2. The maximum Gasteiger partial charge on any atom is 0.0714 e. The van der Waals surface area contributed by atoms with Gasteiger partial charge in [-0.3, -0.25) is 4.98 Å². The van der Waals surface area contributed by atoms with Crippen molar-refractivity contribution >= 4 is 22.2 Å². The van der Waals surface area contributed by atoms with Gasteiger partial charge in [-0.2, -0.15) is 0 Å². The summed E-state index contributed by atoms with van der Waals surface area (Å²) in [6.07, 6.45) is 6.99. The Bertz CT molecular complexity index is 686. The van der Waals surface area contributed by atoms with Crippen LogP contribution in [-0.4, -0.2) is 18.1 Å². The molecule has 4 rings (SSSR count). The predicted octanol–water partition coefficient (Wildman–Crippen LogP) is 1.78. The minimum atomic E-state index is 0.798. The van der Waals surface area contributed by atoms with Gasteiger partial charge in [0.25, 0.3) is 0 Å². The van der Waals surface area contributed by atoms with E-state index in [4.69, 9.17) is 16.6 Å². The fourth-order valence-electron chi connectivity index (χ4n) is 3.77. The molecule has 0 radical (unpaired) electrons. The Labute approximate surface area is 124 Å². The van der Waals surface area contributed by atoms with Gasteiger partial charge >= 0.3 is 0 Å². The largest absolute Gasteiger partial charge is 0.316 e. The lowest BCUT2D eigenvalue weighted by molar-refractivity contribution is 0.707. The van der Waals surface area contributed by atoms with Crippen LogP contribution in [0.25, 0.3) is 10.6 Å². The second-order valence-corrected chi connectivity index (χ2v) is 6.80. The molecule has 2 nitrogen and oxygen atoms in total. The Balaban J connectivity index is 2.06. The Morgan fingerprint density at radius 1 is 1.10 bits per heavy atom. The lowest BCUT2D eigenvalue weighted by atomic mass is 9.93. The van der Waals surface area contributed by atoms with Gasteiger partial charge in [0.2, 0.25) is 0 Å². The average Bonchev–Trinajstić information content (AvgIpc) is 3.25. The van der Waals surface area contributed by atoms with E-state index in [1.165, 1.54) is 40.2 Å². The van der Waals surface area contributed by atoms with Gasteiger partial charge in [-0.1, -0.05) is 11.6 Å². The van der Waals surface area contributed by atoms with E-state index in [1.807, 2.05) is 0 Å². The number of halogens is 1. The van der Waals surface area contributed by atoms with E-state index in [0.29, 0.717) is 0 Å². The third-order valence-electron chi connectivity index (χ3n) is 5.01. The smallest absolute Gasteiger partial charge is 0.0714 e. The predicted molar refractivity (Wildman–Crippen MR) is 83.1 cm³/mol. The molecule has 2 aliphatic carbocycles. The molecular weight excluding hydrogens is 268 g/mol. The van der Waals surface area contributed by atoms with Crippen molar-refractivity contribution in [1.82, 2.24) is 10.3 Å². The van der Waals surface area contributed by atoms with Gasteiger partial charge in [0, 0.05) is 28.9 Å². The number of nitrogens with zero attached hydrogens (tertiary/aromatic N) is 1. The van der Waals surface area contributed by atoms with E-state index in [9.17, 15) is 0 Å². The van der Waals surface area contributed by atoms with Crippen LogP contribution in [0.1, 0.15) is 42.5 Å². The van der Waals surface area contributed by atoms with E-state index < -0.39 is 0 Å². The Hall–Kier alpha value is -0.860. The zero-order valence-electron chi connectivity index (χ0n) is 12.1. The van der Waals surface area contributed by atoms with E-state index in [2.05, 4.69) is 12.2 Å². The molecule has 0 aromatic carbocycles. The van der Waals surface area contributed by atoms with Gasteiger partial charge < -0.3 is 5.32 Å². The maximum atomic E-state index is 6.57. The molecule has 0 amide bonds. The molecule has 106 valence electrons. The van der Waals surface area contributed by atoms with Gasteiger partial charge in [-0.25, -0.2) is 0 Å². The van der Waals surface area contributed by atoms with Crippen molar-refractivity contribution in [3.05, 3.63) is 27.4 Å². The quantitative estimate of drug-likeness (QED) is 0.852. The molecule has 0 atom stereocenters. The first-order valence-corrected chi connectivity index (χ1v) is 8.24. The molecule has 0 saturated heterocycles. The lowest BCUT2D eigenvalue weighted by Gasteiger charge is -2.17. The second kappa shape index (κ2) is 4.85. The highest BCUT2D eigenvalue weighted by molar-refractivity contribution is 6.45. The van der Waals surface area contributed by atoms with Crippen LogP contribution >= 0.6 is 11.6 Å². The normalized spacial score (nSPS) is 22.3. The number of hydrogen-bond donors (Lipinski definition) is 1. The highest BCUT2D eigenvalue weighted by atomic mass is 35.5.